The van der Waals surface area contributed by atoms with E-state index >= 15 is 0 Å². The van der Waals surface area contributed by atoms with Crippen LogP contribution in [-0.4, -0.2) is 227 Å². The Kier molecular flexibility index (Phi) is 16.9. The standard InChI is InChI=1S/C51H82O22/c1-19(18-65-46-39(61)38(60)34(56)28(16-52)70-46)7-10-27-20(2)30-44(69-27)35(57)31-25-9-8-23-15-24(11-13-50(23,5)26(25)12-14-51(30,31)6)68-49-45(73-48-41(63)37(59)33(55)22(4)67-48)42(64)43(29(17-53)71-49)72-47-40(62)36(58)32(54)21(3)66-47/h8,19,21-22,24-26,28-49,52-64H,7,9-18H2,1-6H3. The molecule has 0 aromatic carbocycles. The maximum Gasteiger partial charge on any atom is 0.187 e. The van der Waals surface area contributed by atoms with E-state index in [1.54, 1.807) is 0 Å². The lowest BCUT2D eigenvalue weighted by atomic mass is 9.47. The van der Waals surface area contributed by atoms with Crippen molar-refractivity contribution in [2.45, 2.75) is 234 Å². The van der Waals surface area contributed by atoms with Crippen LogP contribution in [0.2, 0.25) is 0 Å². The monoisotopic (exact) mass is 1050 g/mol. The highest BCUT2D eigenvalue weighted by Gasteiger charge is 2.68. The first-order valence-electron chi connectivity index (χ1n) is 26.5. The van der Waals surface area contributed by atoms with Crippen molar-refractivity contribution in [3.05, 3.63) is 23.0 Å². The molecule has 0 bridgehead atoms. The third-order valence-corrected chi connectivity index (χ3v) is 18.9. The zero-order valence-corrected chi connectivity index (χ0v) is 42.5. The molecule has 0 aromatic heterocycles. The number of hydrogen-bond donors (Lipinski definition) is 13. The number of ether oxygens (including phenoxy) is 9. The molecule has 4 aliphatic carbocycles. The first kappa shape index (κ1) is 56.2. The van der Waals surface area contributed by atoms with Crippen molar-refractivity contribution in [3.8, 4) is 0 Å². The Labute approximate surface area is 425 Å². The Morgan fingerprint density at radius 3 is 1.86 bits per heavy atom. The van der Waals surface area contributed by atoms with Gasteiger partial charge in [0, 0.05) is 12.3 Å². The summed E-state index contributed by atoms with van der Waals surface area (Å²) in [5.41, 5.74) is 1.94. The zero-order chi connectivity index (χ0) is 52.7. The lowest BCUT2D eigenvalue weighted by molar-refractivity contribution is -0.388. The number of aliphatic hydroxyl groups is 13. The smallest absolute Gasteiger partial charge is 0.187 e. The predicted molar refractivity (Wildman–Crippen MR) is 249 cm³/mol. The molecular formula is C51H82O22. The van der Waals surface area contributed by atoms with Gasteiger partial charge < -0.3 is 109 Å². The van der Waals surface area contributed by atoms with E-state index in [2.05, 4.69) is 26.8 Å². The summed E-state index contributed by atoms with van der Waals surface area (Å²) in [7, 11) is 0. The molecular weight excluding hydrogens is 965 g/mol. The summed E-state index contributed by atoms with van der Waals surface area (Å²) in [4.78, 5) is 0. The summed E-state index contributed by atoms with van der Waals surface area (Å²) < 4.78 is 54.6. The van der Waals surface area contributed by atoms with Gasteiger partial charge in [0.15, 0.2) is 25.2 Å². The molecule has 0 amide bonds. The fraction of sp³-hybridized carbons (Fsp3) is 0.922. The molecule has 5 heterocycles. The van der Waals surface area contributed by atoms with Crippen LogP contribution in [0.3, 0.4) is 0 Å². The lowest BCUT2D eigenvalue weighted by Crippen LogP contribution is -2.66. The summed E-state index contributed by atoms with van der Waals surface area (Å²) in [6, 6.07) is 0. The molecule has 30 unspecified atom stereocenters. The normalized spacial score (nSPS) is 53.4. The van der Waals surface area contributed by atoms with Crippen LogP contribution in [0.1, 0.15) is 92.9 Å². The van der Waals surface area contributed by atoms with Gasteiger partial charge in [0.2, 0.25) is 0 Å². The maximum absolute atomic E-state index is 12.3. The van der Waals surface area contributed by atoms with E-state index in [9.17, 15) is 66.4 Å². The molecule has 0 spiro atoms. The van der Waals surface area contributed by atoms with Crippen LogP contribution in [0.4, 0.5) is 0 Å². The Morgan fingerprint density at radius 2 is 1.23 bits per heavy atom. The van der Waals surface area contributed by atoms with Gasteiger partial charge >= 0.3 is 0 Å². The van der Waals surface area contributed by atoms with Crippen LogP contribution in [0, 0.1) is 40.4 Å². The molecule has 0 aromatic rings. The predicted octanol–water partition coefficient (Wildman–Crippen LogP) is -2.06. The summed E-state index contributed by atoms with van der Waals surface area (Å²) in [6.45, 7) is 10.6. The van der Waals surface area contributed by atoms with E-state index in [-0.39, 0.29) is 53.1 Å². The van der Waals surface area contributed by atoms with Gasteiger partial charge in [-0.1, -0.05) is 32.4 Å². The Bertz CT molecular complexity index is 1960. The Morgan fingerprint density at radius 1 is 0.644 bits per heavy atom. The molecule has 13 N–H and O–H groups in total. The molecule has 9 rings (SSSR count). The highest BCUT2D eigenvalue weighted by molar-refractivity contribution is 5.31. The van der Waals surface area contributed by atoms with Gasteiger partial charge in [-0.25, -0.2) is 0 Å². The van der Waals surface area contributed by atoms with Crippen LogP contribution in [0.25, 0.3) is 0 Å². The van der Waals surface area contributed by atoms with Crippen LogP contribution in [0.5, 0.6) is 0 Å². The van der Waals surface area contributed by atoms with Crippen molar-refractivity contribution >= 4 is 0 Å². The molecule has 30 atom stereocenters. The minimum absolute atomic E-state index is 0.000947. The lowest BCUT2D eigenvalue weighted by Gasteiger charge is -2.58. The molecule has 7 fully saturated rings. The second-order valence-electron chi connectivity index (χ2n) is 23.3. The van der Waals surface area contributed by atoms with E-state index in [1.165, 1.54) is 19.4 Å². The second kappa shape index (κ2) is 21.9. The fourth-order valence-electron chi connectivity index (χ4n) is 14.5. The molecule has 418 valence electrons. The molecule has 4 saturated heterocycles. The summed E-state index contributed by atoms with van der Waals surface area (Å²) >= 11 is 0. The van der Waals surface area contributed by atoms with Crippen LogP contribution < -0.4 is 0 Å². The summed E-state index contributed by atoms with van der Waals surface area (Å²) in [6.07, 6.45) is -22.4. The summed E-state index contributed by atoms with van der Waals surface area (Å²) in [5, 5.41) is 139. The van der Waals surface area contributed by atoms with Gasteiger partial charge in [0.25, 0.3) is 0 Å². The highest BCUT2D eigenvalue weighted by atomic mass is 16.8. The van der Waals surface area contributed by atoms with E-state index in [4.69, 9.17) is 42.6 Å². The minimum atomic E-state index is -1.76. The largest absolute Gasteiger partial charge is 0.491 e. The van der Waals surface area contributed by atoms with Crippen LogP contribution in [-0.2, 0) is 42.6 Å². The van der Waals surface area contributed by atoms with Gasteiger partial charge in [-0.05, 0) is 106 Å². The molecule has 9 aliphatic rings. The quantitative estimate of drug-likeness (QED) is 0.0832. The zero-order valence-electron chi connectivity index (χ0n) is 42.5. The molecule has 22 nitrogen and oxygen atoms in total. The maximum atomic E-state index is 12.3. The Hall–Kier alpha value is -1.56. The van der Waals surface area contributed by atoms with Crippen molar-refractivity contribution in [2.75, 3.05) is 19.8 Å². The van der Waals surface area contributed by atoms with Gasteiger partial charge in [-0.3, -0.25) is 0 Å². The minimum Gasteiger partial charge on any atom is -0.491 e. The molecule has 3 saturated carbocycles. The van der Waals surface area contributed by atoms with Gasteiger partial charge in [0.1, 0.15) is 91.6 Å². The van der Waals surface area contributed by atoms with Crippen LogP contribution in [0.15, 0.2) is 23.0 Å². The third-order valence-electron chi connectivity index (χ3n) is 18.9. The molecule has 22 heteroatoms. The molecule has 73 heavy (non-hydrogen) atoms. The number of fused-ring (bicyclic) bond motifs is 7. The van der Waals surface area contributed by atoms with Crippen molar-refractivity contribution in [3.63, 3.8) is 0 Å². The molecule has 0 radical (unpaired) electrons. The van der Waals surface area contributed by atoms with E-state index in [0.717, 1.165) is 37.0 Å². The number of allylic oxidation sites excluding steroid dienone is 2. The number of hydrogen-bond acceptors (Lipinski definition) is 22. The molecule has 5 aliphatic heterocycles. The average Bonchev–Trinajstić information content (AvgIpc) is 3.82. The van der Waals surface area contributed by atoms with E-state index in [1.807, 2.05) is 6.92 Å². The third kappa shape index (κ3) is 10.0. The van der Waals surface area contributed by atoms with Crippen LogP contribution >= 0.6 is 0 Å². The van der Waals surface area contributed by atoms with Gasteiger partial charge in [-0.2, -0.15) is 0 Å². The number of aliphatic hydroxyl groups excluding tert-OH is 13. The van der Waals surface area contributed by atoms with Crippen molar-refractivity contribution in [1.82, 2.24) is 0 Å². The average molecular weight is 1050 g/mol. The van der Waals surface area contributed by atoms with E-state index < -0.39 is 148 Å². The first-order valence-corrected chi connectivity index (χ1v) is 26.5. The van der Waals surface area contributed by atoms with Crippen molar-refractivity contribution < 1.29 is 109 Å². The van der Waals surface area contributed by atoms with Crippen molar-refractivity contribution in [2.24, 2.45) is 40.4 Å². The van der Waals surface area contributed by atoms with E-state index in [0.29, 0.717) is 25.7 Å². The van der Waals surface area contributed by atoms with Crippen molar-refractivity contribution in [1.29, 1.82) is 0 Å². The SMILES string of the molecule is CC1=C(CCC(C)COC2OC(CO)C(O)C(O)C2O)OC2C(O)C3C4CC=C5CC(OC6OC(CO)C(OC7OC(C)C(O)C(O)C7O)C(O)C6OC6OC(C)C(O)C(O)C6O)CCC5(C)C4CCC3(C)C12. The fourth-order valence-corrected chi connectivity index (χ4v) is 14.5. The Balaban J connectivity index is 0.862. The second-order valence-corrected chi connectivity index (χ2v) is 23.3. The first-order chi connectivity index (χ1) is 34.5. The highest BCUT2D eigenvalue weighted by Crippen LogP contribution is 2.69. The van der Waals surface area contributed by atoms with Gasteiger partial charge in [0.05, 0.1) is 50.0 Å². The number of rotatable bonds is 14. The van der Waals surface area contributed by atoms with Gasteiger partial charge in [-0.15, -0.1) is 0 Å². The topological polar surface area (TPSA) is 346 Å². The summed E-state index contributed by atoms with van der Waals surface area (Å²) in [5.74, 6) is 1.37.